The highest BCUT2D eigenvalue weighted by molar-refractivity contribution is 7.98. The van der Waals surface area contributed by atoms with Crippen LogP contribution >= 0.6 is 0 Å². The molecule has 0 aliphatic heterocycles. The van der Waals surface area contributed by atoms with Crippen molar-refractivity contribution in [3.8, 4) is 0 Å². The summed E-state index contributed by atoms with van der Waals surface area (Å²) < 4.78 is 49.8. The van der Waals surface area contributed by atoms with Crippen LogP contribution in [0.5, 0.6) is 0 Å². The normalized spacial score (nSPS) is 13.0. The molecule has 0 N–H and O–H groups in total. The summed E-state index contributed by atoms with van der Waals surface area (Å²) in [6, 6.07) is 15.6. The van der Waals surface area contributed by atoms with Crippen molar-refractivity contribution >= 4 is 19.7 Å². The molecule has 0 atom stereocenters. The van der Waals surface area contributed by atoms with E-state index in [2.05, 4.69) is 0 Å². The minimum absolute atomic E-state index is 0.0733. The van der Waals surface area contributed by atoms with E-state index in [0.29, 0.717) is 0 Å². The molecule has 0 spiro atoms. The van der Waals surface area contributed by atoms with E-state index in [-0.39, 0.29) is 21.1 Å². The number of hydrogen-bond acceptors (Lipinski definition) is 4. The van der Waals surface area contributed by atoms with Crippen molar-refractivity contribution in [1.29, 1.82) is 0 Å². The van der Waals surface area contributed by atoms with Gasteiger partial charge < -0.3 is 0 Å². The van der Waals surface area contributed by atoms with Gasteiger partial charge in [0.15, 0.2) is 0 Å². The third-order valence-corrected chi connectivity index (χ3v) is 6.77. The number of allylic oxidation sites excluding steroid dienone is 1. The fraction of sp³-hybridized carbons (Fsp3) is 0.125. The Morgan fingerprint density at radius 1 is 0.818 bits per heavy atom. The second kappa shape index (κ2) is 6.46. The molecule has 2 aromatic rings. The molecule has 22 heavy (non-hydrogen) atoms. The largest absolute Gasteiger partial charge is 0.219 e. The molecule has 2 aromatic carbocycles. The van der Waals surface area contributed by atoms with E-state index in [9.17, 15) is 16.8 Å². The number of benzene rings is 2. The van der Waals surface area contributed by atoms with E-state index in [1.54, 1.807) is 43.3 Å². The van der Waals surface area contributed by atoms with Crippen molar-refractivity contribution in [2.45, 2.75) is 23.1 Å². The standard InChI is InChI=1S/C16H16O4S2/c1-2-14(22(19,20)16-11-7-4-8-12-16)13-21(17,18)15-9-5-3-6-10-15/h3-13H,2H2,1H3/b14-13+. The molecule has 0 saturated carbocycles. The van der Waals surface area contributed by atoms with Gasteiger partial charge in [-0.25, -0.2) is 16.8 Å². The van der Waals surface area contributed by atoms with Gasteiger partial charge in [-0.1, -0.05) is 43.3 Å². The Hall–Kier alpha value is -1.92. The van der Waals surface area contributed by atoms with Gasteiger partial charge in [-0.3, -0.25) is 0 Å². The van der Waals surface area contributed by atoms with Gasteiger partial charge in [0.05, 0.1) is 20.1 Å². The Morgan fingerprint density at radius 2 is 1.27 bits per heavy atom. The number of rotatable bonds is 5. The van der Waals surface area contributed by atoms with E-state index >= 15 is 0 Å². The summed E-state index contributed by atoms with van der Waals surface area (Å²) in [5.74, 6) is 0. The van der Waals surface area contributed by atoms with Crippen LogP contribution in [0.4, 0.5) is 0 Å². The van der Waals surface area contributed by atoms with Gasteiger partial charge in [0.2, 0.25) is 19.7 Å². The van der Waals surface area contributed by atoms with E-state index in [1.165, 1.54) is 24.3 Å². The molecule has 0 saturated heterocycles. The van der Waals surface area contributed by atoms with Crippen LogP contribution in [-0.4, -0.2) is 16.8 Å². The SMILES string of the molecule is CC/C(=C\S(=O)(=O)c1ccccc1)S(=O)(=O)c1ccccc1. The van der Waals surface area contributed by atoms with Crippen LogP contribution < -0.4 is 0 Å². The Bertz CT molecular complexity index is 866. The van der Waals surface area contributed by atoms with Crippen molar-refractivity contribution in [1.82, 2.24) is 0 Å². The summed E-state index contributed by atoms with van der Waals surface area (Å²) in [5, 5.41) is 0.852. The first kappa shape index (κ1) is 16.5. The highest BCUT2D eigenvalue weighted by Crippen LogP contribution is 2.24. The molecule has 116 valence electrons. The van der Waals surface area contributed by atoms with Crippen molar-refractivity contribution in [2.75, 3.05) is 0 Å². The minimum atomic E-state index is -3.81. The molecule has 0 aromatic heterocycles. The molecule has 0 amide bonds. The molecule has 0 heterocycles. The van der Waals surface area contributed by atoms with Gasteiger partial charge in [0.1, 0.15) is 0 Å². The Kier molecular flexibility index (Phi) is 4.83. The van der Waals surface area contributed by atoms with Crippen LogP contribution in [0.25, 0.3) is 0 Å². The van der Waals surface area contributed by atoms with Crippen LogP contribution in [0.15, 0.2) is 80.8 Å². The van der Waals surface area contributed by atoms with Crippen molar-refractivity contribution < 1.29 is 16.8 Å². The van der Waals surface area contributed by atoms with Crippen LogP contribution in [0.2, 0.25) is 0 Å². The third kappa shape index (κ3) is 3.45. The lowest BCUT2D eigenvalue weighted by atomic mass is 10.4. The average Bonchev–Trinajstić information content (AvgIpc) is 2.54. The van der Waals surface area contributed by atoms with Gasteiger partial charge in [-0.15, -0.1) is 0 Å². The van der Waals surface area contributed by atoms with Crippen molar-refractivity contribution in [2.24, 2.45) is 0 Å². The highest BCUT2D eigenvalue weighted by Gasteiger charge is 2.22. The van der Waals surface area contributed by atoms with Gasteiger partial charge in [0.25, 0.3) is 0 Å². The zero-order valence-electron chi connectivity index (χ0n) is 12.0. The van der Waals surface area contributed by atoms with Gasteiger partial charge >= 0.3 is 0 Å². The molecule has 2 rings (SSSR count). The molecule has 0 radical (unpaired) electrons. The molecule has 0 bridgehead atoms. The van der Waals surface area contributed by atoms with Crippen LogP contribution in [-0.2, 0) is 19.7 Å². The van der Waals surface area contributed by atoms with Gasteiger partial charge in [-0.05, 0) is 30.7 Å². The molecule has 0 aliphatic carbocycles. The first-order valence-corrected chi connectivity index (χ1v) is 9.71. The maximum atomic E-state index is 12.5. The van der Waals surface area contributed by atoms with E-state index < -0.39 is 19.7 Å². The summed E-state index contributed by atoms with van der Waals surface area (Å²) >= 11 is 0. The zero-order valence-corrected chi connectivity index (χ0v) is 13.6. The quantitative estimate of drug-likeness (QED) is 0.841. The predicted molar refractivity (Wildman–Crippen MR) is 85.6 cm³/mol. The van der Waals surface area contributed by atoms with Crippen molar-refractivity contribution in [3.05, 3.63) is 71.0 Å². The monoisotopic (exact) mass is 336 g/mol. The van der Waals surface area contributed by atoms with Gasteiger partial charge in [-0.2, -0.15) is 0 Å². The first-order valence-electron chi connectivity index (χ1n) is 6.69. The second-order valence-corrected chi connectivity index (χ2v) is 8.41. The third-order valence-electron chi connectivity index (χ3n) is 3.11. The maximum absolute atomic E-state index is 12.5. The van der Waals surface area contributed by atoms with Crippen LogP contribution in [0, 0.1) is 0 Å². The maximum Gasteiger partial charge on any atom is 0.203 e. The highest BCUT2D eigenvalue weighted by atomic mass is 32.2. The predicted octanol–water partition coefficient (Wildman–Crippen LogP) is 3.19. The lowest BCUT2D eigenvalue weighted by Gasteiger charge is -2.08. The average molecular weight is 336 g/mol. The molecule has 0 aliphatic rings. The summed E-state index contributed by atoms with van der Waals surface area (Å²) in [6.07, 6.45) is 0.100. The second-order valence-electron chi connectivity index (χ2n) is 4.61. The van der Waals surface area contributed by atoms with Crippen LogP contribution in [0.1, 0.15) is 13.3 Å². The van der Waals surface area contributed by atoms with E-state index in [0.717, 1.165) is 5.41 Å². The smallest absolute Gasteiger partial charge is 0.203 e. The lowest BCUT2D eigenvalue weighted by Crippen LogP contribution is -2.07. The summed E-state index contributed by atoms with van der Waals surface area (Å²) in [7, 11) is -7.61. The van der Waals surface area contributed by atoms with E-state index in [1.807, 2.05) is 0 Å². The van der Waals surface area contributed by atoms with Gasteiger partial charge in [0, 0.05) is 0 Å². The number of sulfone groups is 2. The Labute approximate surface area is 131 Å². The molecular formula is C16H16O4S2. The fourth-order valence-corrected chi connectivity index (χ4v) is 5.21. The summed E-state index contributed by atoms with van der Waals surface area (Å²) in [4.78, 5) is 0.0399. The summed E-state index contributed by atoms with van der Waals surface area (Å²) in [5.41, 5.74) is 0. The Morgan fingerprint density at radius 3 is 1.73 bits per heavy atom. The van der Waals surface area contributed by atoms with Crippen LogP contribution in [0.3, 0.4) is 0 Å². The van der Waals surface area contributed by atoms with E-state index in [4.69, 9.17) is 0 Å². The molecule has 0 unspecified atom stereocenters. The molecule has 0 fully saturated rings. The van der Waals surface area contributed by atoms with Crippen molar-refractivity contribution in [3.63, 3.8) is 0 Å². The summed E-state index contributed by atoms with van der Waals surface area (Å²) in [6.45, 7) is 1.62. The Balaban J connectivity index is 2.53. The zero-order chi connectivity index (χ0) is 16.2. The fourth-order valence-electron chi connectivity index (χ4n) is 1.94. The number of hydrogen-bond donors (Lipinski definition) is 0. The minimum Gasteiger partial charge on any atom is -0.219 e. The lowest BCUT2D eigenvalue weighted by molar-refractivity contribution is 0.597. The first-order chi connectivity index (χ1) is 10.4. The molecular weight excluding hydrogens is 320 g/mol. The molecule has 4 nitrogen and oxygen atoms in total. The topological polar surface area (TPSA) is 68.3 Å². The molecule has 6 heteroatoms.